The van der Waals surface area contributed by atoms with Gasteiger partial charge in [-0.2, -0.15) is 0 Å². The number of benzene rings is 1. The Balaban J connectivity index is 1.34. The Morgan fingerprint density at radius 2 is 1.83 bits per heavy atom. The Kier molecular flexibility index (Phi) is 5.95. The summed E-state index contributed by atoms with van der Waals surface area (Å²) in [5.74, 6) is 0.785. The minimum atomic E-state index is -0.213. The number of alkyl halides is 1. The molecule has 0 aromatic heterocycles. The summed E-state index contributed by atoms with van der Waals surface area (Å²) in [6.07, 6.45) is 4.69. The monoisotopic (exact) mass is 381 g/mol. The van der Waals surface area contributed by atoms with Gasteiger partial charge in [0.25, 0.3) is 0 Å². The molecule has 23 heavy (non-hydrogen) atoms. The molecule has 0 bridgehead atoms. The van der Waals surface area contributed by atoms with Gasteiger partial charge in [-0.25, -0.2) is 4.79 Å². The van der Waals surface area contributed by atoms with Crippen molar-refractivity contribution >= 4 is 22.0 Å². The summed E-state index contributed by atoms with van der Waals surface area (Å²) in [5, 5.41) is 1.08. The van der Waals surface area contributed by atoms with E-state index in [0.29, 0.717) is 18.8 Å². The highest BCUT2D eigenvalue weighted by Gasteiger charge is 2.32. The molecule has 0 unspecified atom stereocenters. The number of nitrogens with zero attached hydrogens (tertiary/aromatic N) is 1. The molecule has 1 amide bonds. The van der Waals surface area contributed by atoms with Gasteiger partial charge in [-0.3, -0.25) is 0 Å². The molecule has 1 aromatic carbocycles. The first-order valence-electron chi connectivity index (χ1n) is 8.41. The maximum atomic E-state index is 12.1. The van der Waals surface area contributed by atoms with Crippen molar-refractivity contribution < 1.29 is 14.3 Å². The fourth-order valence-electron chi connectivity index (χ4n) is 3.17. The Morgan fingerprint density at radius 3 is 2.48 bits per heavy atom. The van der Waals surface area contributed by atoms with Crippen LogP contribution in [0, 0.1) is 5.92 Å². The molecule has 1 heterocycles. The Hall–Kier alpha value is -1.07. The molecule has 0 radical (unpaired) electrons. The van der Waals surface area contributed by atoms with Gasteiger partial charge in [-0.15, -0.1) is 0 Å². The van der Waals surface area contributed by atoms with Crippen LogP contribution in [0.5, 0.6) is 0 Å². The van der Waals surface area contributed by atoms with E-state index >= 15 is 0 Å². The van der Waals surface area contributed by atoms with E-state index in [0.717, 1.165) is 42.7 Å². The lowest BCUT2D eigenvalue weighted by Gasteiger charge is -2.39. The third-order valence-corrected chi connectivity index (χ3v) is 5.62. The smallest absolute Gasteiger partial charge is 0.410 e. The molecule has 1 aliphatic carbocycles. The predicted octanol–water partition coefficient (Wildman–Crippen LogP) is 3.98. The van der Waals surface area contributed by atoms with Gasteiger partial charge in [0, 0.05) is 18.4 Å². The number of rotatable bonds is 5. The first kappa shape index (κ1) is 16.8. The summed E-state index contributed by atoms with van der Waals surface area (Å²) in [6, 6.07) is 9.79. The minimum absolute atomic E-state index is 0.213. The molecule has 3 rings (SSSR count). The minimum Gasteiger partial charge on any atom is -0.445 e. The first-order chi connectivity index (χ1) is 11.2. The number of hydrogen-bond acceptors (Lipinski definition) is 3. The molecule has 0 atom stereocenters. The average Bonchev–Trinajstić information content (AvgIpc) is 2.57. The van der Waals surface area contributed by atoms with Crippen LogP contribution in [0.2, 0.25) is 0 Å². The zero-order valence-corrected chi connectivity index (χ0v) is 14.9. The SMILES string of the molecule is O=C(OCc1ccccc1)N1CCC(O[C@H]2C[C@H](CBr)C2)CC1. The highest BCUT2D eigenvalue weighted by molar-refractivity contribution is 9.09. The van der Waals surface area contributed by atoms with Gasteiger partial charge in [-0.1, -0.05) is 46.3 Å². The van der Waals surface area contributed by atoms with Gasteiger partial charge in [0.05, 0.1) is 12.2 Å². The van der Waals surface area contributed by atoms with Gasteiger partial charge >= 0.3 is 6.09 Å². The van der Waals surface area contributed by atoms with E-state index in [4.69, 9.17) is 9.47 Å². The normalized spacial score (nSPS) is 25.0. The maximum Gasteiger partial charge on any atom is 0.410 e. The van der Waals surface area contributed by atoms with Crippen molar-refractivity contribution in [1.82, 2.24) is 4.90 Å². The number of hydrogen-bond donors (Lipinski definition) is 0. The largest absolute Gasteiger partial charge is 0.445 e. The van der Waals surface area contributed by atoms with Crippen molar-refractivity contribution in [2.24, 2.45) is 5.92 Å². The van der Waals surface area contributed by atoms with Crippen LogP contribution in [-0.2, 0) is 16.1 Å². The topological polar surface area (TPSA) is 38.8 Å². The number of likely N-dealkylation sites (tertiary alicyclic amines) is 1. The molecule has 1 aliphatic heterocycles. The highest BCUT2D eigenvalue weighted by Crippen LogP contribution is 2.33. The van der Waals surface area contributed by atoms with E-state index in [1.807, 2.05) is 30.3 Å². The molecule has 126 valence electrons. The molecule has 2 fully saturated rings. The fraction of sp³-hybridized carbons (Fsp3) is 0.611. The zero-order chi connectivity index (χ0) is 16.1. The van der Waals surface area contributed by atoms with Crippen molar-refractivity contribution in [3.05, 3.63) is 35.9 Å². The lowest BCUT2D eigenvalue weighted by molar-refractivity contribution is -0.0882. The van der Waals surface area contributed by atoms with Crippen molar-refractivity contribution in [1.29, 1.82) is 0 Å². The van der Waals surface area contributed by atoms with Crippen LogP contribution in [0.1, 0.15) is 31.2 Å². The van der Waals surface area contributed by atoms with E-state index in [2.05, 4.69) is 15.9 Å². The van der Waals surface area contributed by atoms with E-state index in [9.17, 15) is 4.79 Å². The number of carbonyl (C=O) groups excluding carboxylic acids is 1. The molecule has 4 nitrogen and oxygen atoms in total. The van der Waals surface area contributed by atoms with E-state index < -0.39 is 0 Å². The second-order valence-corrected chi connectivity index (χ2v) is 7.12. The summed E-state index contributed by atoms with van der Waals surface area (Å²) in [4.78, 5) is 13.9. The lowest BCUT2D eigenvalue weighted by atomic mass is 9.84. The van der Waals surface area contributed by atoms with Crippen LogP contribution < -0.4 is 0 Å². The third kappa shape index (κ3) is 4.70. The molecular formula is C18H24BrNO3. The van der Waals surface area contributed by atoms with Crippen LogP contribution in [0.4, 0.5) is 4.79 Å². The molecule has 0 spiro atoms. The molecule has 1 saturated carbocycles. The van der Waals surface area contributed by atoms with Gasteiger partial charge in [-0.05, 0) is 37.2 Å². The second-order valence-electron chi connectivity index (χ2n) is 6.48. The lowest BCUT2D eigenvalue weighted by Crippen LogP contribution is -2.43. The van der Waals surface area contributed by atoms with Crippen molar-refractivity contribution in [2.75, 3.05) is 18.4 Å². The van der Waals surface area contributed by atoms with Crippen molar-refractivity contribution in [3.63, 3.8) is 0 Å². The van der Waals surface area contributed by atoms with Crippen LogP contribution in [0.3, 0.4) is 0 Å². The van der Waals surface area contributed by atoms with Gasteiger partial charge in [0.15, 0.2) is 0 Å². The number of halogens is 1. The number of carbonyl (C=O) groups is 1. The Bertz CT molecular complexity index is 496. The predicted molar refractivity (Wildman–Crippen MR) is 92.6 cm³/mol. The molecule has 0 N–H and O–H groups in total. The first-order valence-corrected chi connectivity index (χ1v) is 9.54. The second kappa shape index (κ2) is 8.15. The number of amides is 1. The van der Waals surface area contributed by atoms with Crippen LogP contribution in [-0.4, -0.2) is 41.6 Å². The summed E-state index contributed by atoms with van der Waals surface area (Å²) >= 11 is 3.52. The van der Waals surface area contributed by atoms with Crippen LogP contribution in [0.15, 0.2) is 30.3 Å². The average molecular weight is 382 g/mol. The maximum absolute atomic E-state index is 12.1. The van der Waals surface area contributed by atoms with E-state index in [1.165, 1.54) is 12.8 Å². The Morgan fingerprint density at radius 1 is 1.13 bits per heavy atom. The quantitative estimate of drug-likeness (QED) is 0.724. The summed E-state index contributed by atoms with van der Waals surface area (Å²) in [7, 11) is 0. The summed E-state index contributed by atoms with van der Waals surface area (Å²) in [6.45, 7) is 1.80. The van der Waals surface area contributed by atoms with Gasteiger partial charge in [0.1, 0.15) is 6.61 Å². The van der Waals surface area contributed by atoms with Crippen molar-refractivity contribution in [2.45, 2.75) is 44.5 Å². The molecule has 1 saturated heterocycles. The van der Waals surface area contributed by atoms with E-state index in [1.54, 1.807) is 4.90 Å². The van der Waals surface area contributed by atoms with Crippen LogP contribution in [0.25, 0.3) is 0 Å². The number of ether oxygens (including phenoxy) is 2. The number of piperidine rings is 1. The summed E-state index contributed by atoms with van der Waals surface area (Å²) < 4.78 is 11.5. The van der Waals surface area contributed by atoms with E-state index in [-0.39, 0.29) is 6.09 Å². The fourth-order valence-corrected chi connectivity index (χ4v) is 3.70. The third-order valence-electron chi connectivity index (χ3n) is 4.70. The zero-order valence-electron chi connectivity index (χ0n) is 13.3. The van der Waals surface area contributed by atoms with Crippen molar-refractivity contribution in [3.8, 4) is 0 Å². The molecule has 5 heteroatoms. The standard InChI is InChI=1S/C18H24BrNO3/c19-12-15-10-17(11-15)23-16-6-8-20(9-7-16)18(21)22-13-14-4-2-1-3-5-14/h1-5,15-17H,6-13H2/t15-,17-. The van der Waals surface area contributed by atoms with Gasteiger partial charge < -0.3 is 14.4 Å². The highest BCUT2D eigenvalue weighted by atomic mass is 79.9. The summed E-state index contributed by atoms with van der Waals surface area (Å²) in [5.41, 5.74) is 1.02. The molecule has 1 aromatic rings. The van der Waals surface area contributed by atoms with Crippen LogP contribution >= 0.6 is 15.9 Å². The van der Waals surface area contributed by atoms with Gasteiger partial charge in [0.2, 0.25) is 0 Å². The molecule has 2 aliphatic rings. The Labute approximate surface area is 146 Å². The molecular weight excluding hydrogens is 358 g/mol.